The van der Waals surface area contributed by atoms with Gasteiger partial charge in [-0.3, -0.25) is 9.69 Å². The molecule has 6 nitrogen and oxygen atoms in total. The molecule has 6 heteroatoms. The SMILES string of the molecule is COCCC(=O)N1C[C@@H](O)[C@H](N(C)Cc2ccc(OC)cc2)C1. The summed E-state index contributed by atoms with van der Waals surface area (Å²) in [6, 6.07) is 7.82. The van der Waals surface area contributed by atoms with Crippen LogP contribution in [-0.4, -0.2) is 73.9 Å². The third kappa shape index (κ3) is 4.67. The van der Waals surface area contributed by atoms with Crippen LogP contribution in [0, 0.1) is 0 Å². The first-order valence-electron chi connectivity index (χ1n) is 7.83. The second-order valence-electron chi connectivity index (χ2n) is 5.94. The number of hydrogen-bond donors (Lipinski definition) is 1. The number of carbonyl (C=O) groups is 1. The molecule has 128 valence electrons. The molecule has 0 aliphatic carbocycles. The van der Waals surface area contributed by atoms with E-state index >= 15 is 0 Å². The molecule has 0 aromatic heterocycles. The van der Waals surface area contributed by atoms with Crippen molar-refractivity contribution in [2.75, 3.05) is 41.0 Å². The van der Waals surface area contributed by atoms with Crippen molar-refractivity contribution in [2.45, 2.75) is 25.1 Å². The third-order valence-corrected chi connectivity index (χ3v) is 4.29. The second kappa shape index (κ2) is 8.29. The van der Waals surface area contributed by atoms with Gasteiger partial charge >= 0.3 is 0 Å². The lowest BCUT2D eigenvalue weighted by atomic mass is 10.1. The first kappa shape index (κ1) is 17.7. The van der Waals surface area contributed by atoms with Gasteiger partial charge in [-0.05, 0) is 24.7 Å². The van der Waals surface area contributed by atoms with Crippen LogP contribution in [0.1, 0.15) is 12.0 Å². The fourth-order valence-electron chi connectivity index (χ4n) is 2.89. The molecule has 0 bridgehead atoms. The number of aliphatic hydroxyl groups excluding tert-OH is 1. The van der Waals surface area contributed by atoms with Crippen LogP contribution in [0.2, 0.25) is 0 Å². The zero-order valence-electron chi connectivity index (χ0n) is 14.1. The van der Waals surface area contributed by atoms with E-state index in [4.69, 9.17) is 9.47 Å². The number of carbonyl (C=O) groups excluding carboxylic acids is 1. The van der Waals surface area contributed by atoms with Crippen LogP contribution in [0.15, 0.2) is 24.3 Å². The van der Waals surface area contributed by atoms with Gasteiger partial charge in [-0.1, -0.05) is 12.1 Å². The van der Waals surface area contributed by atoms with Crippen LogP contribution in [0.3, 0.4) is 0 Å². The molecule has 2 rings (SSSR count). The minimum Gasteiger partial charge on any atom is -0.497 e. The second-order valence-corrected chi connectivity index (χ2v) is 5.94. The van der Waals surface area contributed by atoms with Gasteiger partial charge in [0.25, 0.3) is 0 Å². The topological polar surface area (TPSA) is 62.2 Å². The number of aliphatic hydroxyl groups is 1. The van der Waals surface area contributed by atoms with Crippen LogP contribution in [0.5, 0.6) is 5.75 Å². The van der Waals surface area contributed by atoms with Crippen molar-refractivity contribution in [2.24, 2.45) is 0 Å². The third-order valence-electron chi connectivity index (χ3n) is 4.29. The summed E-state index contributed by atoms with van der Waals surface area (Å²) < 4.78 is 10.1. The number of nitrogens with zero attached hydrogens (tertiary/aromatic N) is 2. The molecule has 1 saturated heterocycles. The van der Waals surface area contributed by atoms with E-state index in [-0.39, 0.29) is 11.9 Å². The highest BCUT2D eigenvalue weighted by molar-refractivity contribution is 5.76. The zero-order chi connectivity index (χ0) is 16.8. The molecule has 0 unspecified atom stereocenters. The van der Waals surface area contributed by atoms with E-state index < -0.39 is 6.10 Å². The van der Waals surface area contributed by atoms with Crippen LogP contribution in [0.4, 0.5) is 0 Å². The highest BCUT2D eigenvalue weighted by Gasteiger charge is 2.36. The van der Waals surface area contributed by atoms with E-state index in [0.717, 1.165) is 11.3 Å². The predicted octanol–water partition coefficient (Wildman–Crippen LogP) is 0.735. The monoisotopic (exact) mass is 322 g/mol. The van der Waals surface area contributed by atoms with E-state index in [1.807, 2.05) is 31.3 Å². The summed E-state index contributed by atoms with van der Waals surface area (Å²) in [5.74, 6) is 0.860. The molecule has 23 heavy (non-hydrogen) atoms. The molecule has 1 heterocycles. The Morgan fingerprint density at radius 2 is 2.00 bits per heavy atom. The summed E-state index contributed by atoms with van der Waals surface area (Å²) in [5.41, 5.74) is 1.14. The quantitative estimate of drug-likeness (QED) is 0.802. The van der Waals surface area contributed by atoms with Crippen molar-refractivity contribution >= 4 is 5.91 Å². The average Bonchev–Trinajstić information content (AvgIpc) is 2.95. The molecule has 1 aliphatic heterocycles. The lowest BCUT2D eigenvalue weighted by Gasteiger charge is -2.26. The van der Waals surface area contributed by atoms with Crippen LogP contribution in [-0.2, 0) is 16.1 Å². The number of hydrogen-bond acceptors (Lipinski definition) is 5. The number of methoxy groups -OCH3 is 2. The highest BCUT2D eigenvalue weighted by atomic mass is 16.5. The maximum atomic E-state index is 12.0. The minimum atomic E-state index is -0.523. The van der Waals surface area contributed by atoms with Crippen molar-refractivity contribution < 1.29 is 19.4 Å². The molecule has 1 N–H and O–H groups in total. The van der Waals surface area contributed by atoms with Gasteiger partial charge < -0.3 is 19.5 Å². The average molecular weight is 322 g/mol. The van der Waals surface area contributed by atoms with Gasteiger partial charge in [0.2, 0.25) is 5.91 Å². The largest absolute Gasteiger partial charge is 0.497 e. The number of rotatable bonds is 7. The molecule has 1 aliphatic rings. The Hall–Kier alpha value is -1.63. The molecular formula is C17H26N2O4. The van der Waals surface area contributed by atoms with Crippen molar-refractivity contribution in [3.05, 3.63) is 29.8 Å². The van der Waals surface area contributed by atoms with Gasteiger partial charge in [-0.2, -0.15) is 0 Å². The molecule has 2 atom stereocenters. The molecule has 0 spiro atoms. The molecule has 1 fully saturated rings. The lowest BCUT2D eigenvalue weighted by molar-refractivity contribution is -0.131. The zero-order valence-corrected chi connectivity index (χ0v) is 14.1. The summed E-state index contributed by atoms with van der Waals surface area (Å²) in [7, 11) is 5.20. The van der Waals surface area contributed by atoms with Gasteiger partial charge in [-0.25, -0.2) is 0 Å². The molecule has 0 saturated carbocycles. The highest BCUT2D eigenvalue weighted by Crippen LogP contribution is 2.19. The Labute approximate surface area is 137 Å². The van der Waals surface area contributed by atoms with Gasteiger partial charge in [0.15, 0.2) is 0 Å². The summed E-state index contributed by atoms with van der Waals surface area (Å²) >= 11 is 0. The molecule has 0 radical (unpaired) electrons. The van der Waals surface area contributed by atoms with Gasteiger partial charge in [0, 0.05) is 26.7 Å². The number of ether oxygens (including phenoxy) is 2. The van der Waals surface area contributed by atoms with Crippen molar-refractivity contribution in [3.63, 3.8) is 0 Å². The maximum Gasteiger partial charge on any atom is 0.225 e. The molecule has 1 aromatic carbocycles. The van der Waals surface area contributed by atoms with Crippen LogP contribution in [0.25, 0.3) is 0 Å². The van der Waals surface area contributed by atoms with Gasteiger partial charge in [-0.15, -0.1) is 0 Å². The number of likely N-dealkylation sites (N-methyl/N-ethyl adjacent to an activating group) is 1. The van der Waals surface area contributed by atoms with Gasteiger partial charge in [0.1, 0.15) is 5.75 Å². The number of β-amino-alcohol motifs (C(OH)–C–C–N with tert-alkyl or cyclic N) is 1. The summed E-state index contributed by atoms with van der Waals surface area (Å²) in [5, 5.41) is 10.3. The minimum absolute atomic E-state index is 0.0336. The predicted molar refractivity (Wildman–Crippen MR) is 87.3 cm³/mol. The van der Waals surface area contributed by atoms with E-state index in [0.29, 0.717) is 32.7 Å². The molecule has 1 aromatic rings. The molecule has 1 amide bonds. The van der Waals surface area contributed by atoms with E-state index in [9.17, 15) is 9.90 Å². The Morgan fingerprint density at radius 1 is 1.30 bits per heavy atom. The Kier molecular flexibility index (Phi) is 6.38. The maximum absolute atomic E-state index is 12.0. The molecular weight excluding hydrogens is 296 g/mol. The van der Waals surface area contributed by atoms with E-state index in [1.54, 1.807) is 19.1 Å². The van der Waals surface area contributed by atoms with Crippen molar-refractivity contribution in [1.29, 1.82) is 0 Å². The fourth-order valence-corrected chi connectivity index (χ4v) is 2.89. The normalized spacial score (nSPS) is 21.0. The number of benzene rings is 1. The lowest BCUT2D eigenvalue weighted by Crippen LogP contribution is -2.40. The number of amides is 1. The van der Waals surface area contributed by atoms with E-state index in [2.05, 4.69) is 4.90 Å². The summed E-state index contributed by atoms with van der Waals surface area (Å²) in [6.45, 7) is 2.07. The smallest absolute Gasteiger partial charge is 0.225 e. The Morgan fingerprint density at radius 3 is 2.61 bits per heavy atom. The fraction of sp³-hybridized carbons (Fsp3) is 0.588. The first-order valence-corrected chi connectivity index (χ1v) is 7.83. The summed E-state index contributed by atoms with van der Waals surface area (Å²) in [6.07, 6.45) is -0.164. The van der Waals surface area contributed by atoms with Crippen molar-refractivity contribution in [1.82, 2.24) is 9.80 Å². The standard InChI is InChI=1S/C17H26N2O4/c1-18(10-13-4-6-14(23-3)7-5-13)15-11-19(12-16(15)20)17(21)8-9-22-2/h4-7,15-16,20H,8-12H2,1-3H3/t15-,16-/m1/s1. The Balaban J connectivity index is 1.91. The van der Waals surface area contributed by atoms with E-state index in [1.165, 1.54) is 0 Å². The van der Waals surface area contributed by atoms with Crippen LogP contribution >= 0.6 is 0 Å². The van der Waals surface area contributed by atoms with Crippen molar-refractivity contribution in [3.8, 4) is 5.75 Å². The van der Waals surface area contributed by atoms with Gasteiger partial charge in [0.05, 0.1) is 32.3 Å². The van der Waals surface area contributed by atoms with Crippen LogP contribution < -0.4 is 4.74 Å². The summed E-state index contributed by atoms with van der Waals surface area (Å²) in [4.78, 5) is 15.9. The first-order chi connectivity index (χ1) is 11.0. The number of likely N-dealkylation sites (tertiary alicyclic amines) is 1. The Bertz CT molecular complexity index is 506.